The van der Waals surface area contributed by atoms with Gasteiger partial charge in [0.05, 0.1) is 5.56 Å². The summed E-state index contributed by atoms with van der Waals surface area (Å²) >= 11 is 0. The summed E-state index contributed by atoms with van der Waals surface area (Å²) in [5, 5.41) is 0. The van der Waals surface area contributed by atoms with Crippen LogP contribution in [-0.4, -0.2) is 0 Å². The lowest BCUT2D eigenvalue weighted by molar-refractivity contribution is -0.661. The molecule has 0 N–H and O–H groups in total. The van der Waals surface area contributed by atoms with Crippen LogP contribution in [0.5, 0.6) is 0 Å². The van der Waals surface area contributed by atoms with Crippen LogP contribution >= 0.6 is 0 Å². The van der Waals surface area contributed by atoms with Crippen molar-refractivity contribution in [2.75, 3.05) is 0 Å². The fourth-order valence-corrected chi connectivity index (χ4v) is 3.78. The SMILES string of the molecule is [2H]C([2H])([2H])c1cc(C)c2c(c1)C(C)(C)C(C)(C)c1cc(C([2H])([2H])[2H])c[n+](C)c1-2. The van der Waals surface area contributed by atoms with Crippen molar-refractivity contribution in [1.29, 1.82) is 0 Å². The van der Waals surface area contributed by atoms with Crippen LogP contribution < -0.4 is 4.57 Å². The molecule has 0 bridgehead atoms. The fourth-order valence-electron chi connectivity index (χ4n) is 3.78. The summed E-state index contributed by atoms with van der Waals surface area (Å²) in [5.74, 6) is 0. The molecule has 2 aromatic rings. The maximum absolute atomic E-state index is 7.86. The Balaban J connectivity index is 2.47. The molecule has 1 aromatic heterocycles. The van der Waals surface area contributed by atoms with Crippen LogP contribution in [-0.2, 0) is 17.9 Å². The van der Waals surface area contributed by atoms with Gasteiger partial charge in [-0.25, -0.2) is 4.57 Å². The molecule has 1 heteroatoms. The van der Waals surface area contributed by atoms with Gasteiger partial charge in [0.15, 0.2) is 6.20 Å². The van der Waals surface area contributed by atoms with Crippen molar-refractivity contribution in [3.05, 3.63) is 52.2 Å². The number of aromatic nitrogens is 1. The first-order chi connectivity index (χ1) is 12.5. The van der Waals surface area contributed by atoms with Gasteiger partial charge in [-0.1, -0.05) is 45.4 Å². The standard InChI is InChI=1S/C21H28N/c1-13-9-15(3)18-16(10-13)20(4,5)21(6,7)17-11-14(2)12-22(8)19(17)18/h9-12H,1-8H3/q+1/i1D3,2D3. The highest BCUT2D eigenvalue weighted by Gasteiger charge is 2.49. The lowest BCUT2D eigenvalue weighted by Crippen LogP contribution is -2.48. The molecule has 3 rings (SSSR count). The van der Waals surface area contributed by atoms with E-state index in [1.807, 2.05) is 30.7 Å². The van der Waals surface area contributed by atoms with Gasteiger partial charge in [-0.05, 0) is 43.2 Å². The topological polar surface area (TPSA) is 3.88 Å². The highest BCUT2D eigenvalue weighted by molar-refractivity contribution is 5.75. The molecule has 1 heterocycles. The van der Waals surface area contributed by atoms with E-state index < -0.39 is 19.1 Å². The lowest BCUT2D eigenvalue weighted by atomic mass is 9.55. The van der Waals surface area contributed by atoms with Gasteiger partial charge >= 0.3 is 0 Å². The maximum atomic E-state index is 7.86. The Kier molecular flexibility index (Phi) is 1.92. The first kappa shape index (κ1) is 9.50. The van der Waals surface area contributed by atoms with E-state index >= 15 is 0 Å². The molecule has 0 radical (unpaired) electrons. The number of fused-ring (bicyclic) bond motifs is 3. The fraction of sp³-hybridized carbons (Fsp3) is 0.476. The molecule has 22 heavy (non-hydrogen) atoms. The van der Waals surface area contributed by atoms with E-state index in [1.54, 1.807) is 12.3 Å². The average Bonchev–Trinajstić information content (AvgIpc) is 2.50. The van der Waals surface area contributed by atoms with Crippen molar-refractivity contribution < 1.29 is 12.8 Å². The zero-order chi connectivity index (χ0) is 21.4. The van der Waals surface area contributed by atoms with E-state index in [4.69, 9.17) is 8.22 Å². The van der Waals surface area contributed by atoms with Crippen molar-refractivity contribution >= 4 is 0 Å². The molecular formula is C21H28N+. The molecule has 1 nitrogen and oxygen atoms in total. The second kappa shape index (κ2) is 4.44. The van der Waals surface area contributed by atoms with Crippen molar-refractivity contribution in [1.82, 2.24) is 0 Å². The van der Waals surface area contributed by atoms with Crippen molar-refractivity contribution in [3.8, 4) is 11.3 Å². The molecular weight excluding hydrogens is 266 g/mol. The molecule has 1 aliphatic carbocycles. The zero-order valence-corrected chi connectivity index (χ0v) is 14.3. The van der Waals surface area contributed by atoms with Crippen molar-refractivity contribution in [3.63, 3.8) is 0 Å². The lowest BCUT2D eigenvalue weighted by Gasteiger charge is -2.47. The number of aryl methyl sites for hydroxylation is 4. The van der Waals surface area contributed by atoms with Gasteiger partial charge in [0.1, 0.15) is 7.05 Å². The molecule has 0 aliphatic heterocycles. The summed E-state index contributed by atoms with van der Waals surface area (Å²) in [5.41, 5.74) is 4.71. The number of pyridine rings is 1. The third-order valence-corrected chi connectivity index (χ3v) is 5.72. The van der Waals surface area contributed by atoms with E-state index in [9.17, 15) is 0 Å². The number of benzene rings is 1. The molecule has 0 spiro atoms. The number of hydrogen-bond donors (Lipinski definition) is 0. The van der Waals surface area contributed by atoms with Crippen LogP contribution in [0.1, 0.15) is 63.7 Å². The molecule has 0 saturated heterocycles. The summed E-state index contributed by atoms with van der Waals surface area (Å²) < 4.78 is 49.0. The normalized spacial score (nSPS) is 23.0. The van der Waals surface area contributed by atoms with Crippen LogP contribution in [0, 0.1) is 20.6 Å². The van der Waals surface area contributed by atoms with E-state index in [0.717, 1.165) is 27.9 Å². The van der Waals surface area contributed by atoms with Crippen LogP contribution in [0.3, 0.4) is 0 Å². The third kappa shape index (κ3) is 1.81. The quantitative estimate of drug-likeness (QED) is 0.622. The Morgan fingerprint density at radius 3 is 2.14 bits per heavy atom. The minimum absolute atomic E-state index is 0.317. The van der Waals surface area contributed by atoms with Gasteiger partial charge < -0.3 is 0 Å². The predicted molar refractivity (Wildman–Crippen MR) is 93.3 cm³/mol. The number of hydrogen-bond acceptors (Lipinski definition) is 0. The molecule has 0 atom stereocenters. The Morgan fingerprint density at radius 2 is 1.50 bits per heavy atom. The molecule has 1 aliphatic rings. The first-order valence-electron chi connectivity index (χ1n) is 10.7. The molecule has 116 valence electrons. The molecule has 0 unspecified atom stereocenters. The van der Waals surface area contributed by atoms with Crippen LogP contribution in [0.25, 0.3) is 11.3 Å². The highest BCUT2D eigenvalue weighted by Crippen LogP contribution is 2.53. The van der Waals surface area contributed by atoms with E-state index in [2.05, 4.69) is 27.7 Å². The Hall–Kier alpha value is -1.63. The molecule has 0 saturated carbocycles. The average molecular weight is 300 g/mol. The smallest absolute Gasteiger partial charge is 0.200 e. The highest BCUT2D eigenvalue weighted by atomic mass is 14.9. The maximum Gasteiger partial charge on any atom is 0.216 e. The minimum Gasteiger partial charge on any atom is -0.200 e. The van der Waals surface area contributed by atoms with Gasteiger partial charge in [0.2, 0.25) is 5.69 Å². The summed E-state index contributed by atoms with van der Waals surface area (Å²) in [7, 11) is 1.86. The Labute approximate surface area is 143 Å². The molecule has 0 fully saturated rings. The largest absolute Gasteiger partial charge is 0.216 e. The van der Waals surface area contributed by atoms with Crippen LogP contribution in [0.15, 0.2) is 24.4 Å². The first-order valence-corrected chi connectivity index (χ1v) is 7.70. The van der Waals surface area contributed by atoms with Crippen molar-refractivity contribution in [2.24, 2.45) is 7.05 Å². The summed E-state index contributed by atoms with van der Waals surface area (Å²) in [6.45, 7) is 6.01. The number of rotatable bonds is 0. The van der Waals surface area contributed by atoms with Gasteiger partial charge in [-0.15, -0.1) is 0 Å². The van der Waals surface area contributed by atoms with E-state index in [-0.39, 0.29) is 5.41 Å². The molecule has 1 aromatic carbocycles. The monoisotopic (exact) mass is 300 g/mol. The predicted octanol–water partition coefficient (Wildman–Crippen LogP) is 4.67. The summed E-state index contributed by atoms with van der Waals surface area (Å²) in [6.07, 6.45) is 1.67. The summed E-state index contributed by atoms with van der Waals surface area (Å²) in [4.78, 5) is 0. The van der Waals surface area contributed by atoms with Crippen LogP contribution in [0.4, 0.5) is 0 Å². The second-order valence-corrected chi connectivity index (χ2v) is 7.57. The van der Waals surface area contributed by atoms with Gasteiger partial charge in [-0.3, -0.25) is 0 Å². The van der Waals surface area contributed by atoms with E-state index in [0.29, 0.717) is 11.1 Å². The van der Waals surface area contributed by atoms with Crippen LogP contribution in [0.2, 0.25) is 0 Å². The van der Waals surface area contributed by atoms with E-state index in [1.165, 1.54) is 0 Å². The Bertz CT molecular complexity index is 885. The second-order valence-electron chi connectivity index (χ2n) is 7.57. The summed E-state index contributed by atoms with van der Waals surface area (Å²) in [6, 6.07) is 5.36. The zero-order valence-electron chi connectivity index (χ0n) is 20.3. The van der Waals surface area contributed by atoms with Gasteiger partial charge in [-0.2, -0.15) is 0 Å². The molecule has 0 amide bonds. The Morgan fingerprint density at radius 1 is 0.909 bits per heavy atom. The van der Waals surface area contributed by atoms with Crippen molar-refractivity contribution in [2.45, 2.75) is 59.2 Å². The van der Waals surface area contributed by atoms with Gasteiger partial charge in [0, 0.05) is 24.8 Å². The number of nitrogens with zero attached hydrogens (tertiary/aromatic N) is 1. The third-order valence-electron chi connectivity index (χ3n) is 5.72. The van der Waals surface area contributed by atoms with Gasteiger partial charge in [0.25, 0.3) is 0 Å². The minimum atomic E-state index is -2.19.